The second-order valence-electron chi connectivity index (χ2n) is 5.20. The first-order valence-corrected chi connectivity index (χ1v) is 6.47. The number of rotatable bonds is 2. The number of amides is 1. The average Bonchev–Trinajstić information content (AvgIpc) is 2.24. The third-order valence-corrected chi connectivity index (χ3v) is 3.74. The molecule has 2 aliphatic rings. The molecule has 0 aromatic heterocycles. The first-order valence-electron chi connectivity index (χ1n) is 6.47. The maximum Gasteiger partial charge on any atom is 0.409 e. The van der Waals surface area contributed by atoms with Crippen LogP contribution >= 0.6 is 0 Å². The lowest BCUT2D eigenvalue weighted by Crippen LogP contribution is -2.66. The van der Waals surface area contributed by atoms with E-state index in [-0.39, 0.29) is 19.1 Å². The summed E-state index contributed by atoms with van der Waals surface area (Å²) in [7, 11) is 0. The Labute approximate surface area is 117 Å². The number of halogens is 6. The Balaban J connectivity index is 1.95. The van der Waals surface area contributed by atoms with Gasteiger partial charge in [0.15, 0.2) is 0 Å². The van der Waals surface area contributed by atoms with Gasteiger partial charge < -0.3 is 10.2 Å². The van der Waals surface area contributed by atoms with Crippen molar-refractivity contribution in [2.45, 2.75) is 18.4 Å². The van der Waals surface area contributed by atoms with Crippen molar-refractivity contribution in [3.63, 3.8) is 0 Å². The minimum absolute atomic E-state index is 0.0819. The van der Waals surface area contributed by atoms with Crippen molar-refractivity contribution < 1.29 is 31.1 Å². The lowest BCUT2D eigenvalue weighted by molar-refractivity contribution is -0.279. The van der Waals surface area contributed by atoms with Gasteiger partial charge in [-0.05, 0) is 0 Å². The van der Waals surface area contributed by atoms with Crippen LogP contribution in [0.3, 0.4) is 0 Å². The smallest absolute Gasteiger partial charge is 0.339 e. The molecule has 0 unspecified atom stereocenters. The van der Waals surface area contributed by atoms with E-state index in [0.29, 0.717) is 18.0 Å². The highest BCUT2D eigenvalue weighted by Gasteiger charge is 2.62. The van der Waals surface area contributed by atoms with E-state index in [1.807, 2.05) is 4.90 Å². The molecular weight excluding hydrogens is 304 g/mol. The van der Waals surface area contributed by atoms with E-state index in [4.69, 9.17) is 0 Å². The number of piperazine rings is 1. The van der Waals surface area contributed by atoms with Crippen LogP contribution in [0.2, 0.25) is 0 Å². The zero-order valence-corrected chi connectivity index (χ0v) is 11.0. The van der Waals surface area contributed by atoms with Gasteiger partial charge in [0.1, 0.15) is 0 Å². The summed E-state index contributed by atoms with van der Waals surface area (Å²) in [5.41, 5.74) is 0. The summed E-state index contributed by atoms with van der Waals surface area (Å²) in [6, 6.07) is -0.154. The Morgan fingerprint density at radius 1 is 1.00 bits per heavy atom. The van der Waals surface area contributed by atoms with Crippen molar-refractivity contribution in [2.24, 2.45) is 5.92 Å². The Hall–Kier alpha value is -1.03. The molecule has 2 aliphatic heterocycles. The highest BCUT2D eigenvalue weighted by molar-refractivity contribution is 5.81. The predicted molar refractivity (Wildman–Crippen MR) is 60.4 cm³/mol. The van der Waals surface area contributed by atoms with E-state index >= 15 is 0 Å². The van der Waals surface area contributed by atoms with E-state index in [9.17, 15) is 31.1 Å². The molecule has 4 nitrogen and oxygen atoms in total. The quantitative estimate of drug-likeness (QED) is 0.767. The summed E-state index contributed by atoms with van der Waals surface area (Å²) in [5.74, 6) is -5.82. The van der Waals surface area contributed by atoms with E-state index in [0.717, 1.165) is 13.1 Å². The fraction of sp³-hybridized carbons (Fsp3) is 0.909. The number of hydrogen-bond donors (Lipinski definition) is 1. The third kappa shape index (κ3) is 3.60. The molecule has 10 heteroatoms. The molecule has 0 atom stereocenters. The predicted octanol–water partition coefficient (Wildman–Crippen LogP) is 0.843. The largest absolute Gasteiger partial charge is 0.409 e. The molecule has 2 heterocycles. The van der Waals surface area contributed by atoms with Gasteiger partial charge in [-0.2, -0.15) is 26.3 Å². The minimum Gasteiger partial charge on any atom is -0.339 e. The van der Waals surface area contributed by atoms with Crippen LogP contribution in [0.25, 0.3) is 0 Å². The van der Waals surface area contributed by atoms with Gasteiger partial charge in [0.25, 0.3) is 0 Å². The van der Waals surface area contributed by atoms with Crippen LogP contribution in [-0.4, -0.2) is 73.4 Å². The third-order valence-electron chi connectivity index (χ3n) is 3.74. The fourth-order valence-electron chi connectivity index (χ4n) is 2.56. The van der Waals surface area contributed by atoms with Gasteiger partial charge in [0, 0.05) is 45.3 Å². The van der Waals surface area contributed by atoms with Gasteiger partial charge in [-0.1, -0.05) is 0 Å². The molecule has 2 saturated heterocycles. The number of nitrogens with zero attached hydrogens (tertiary/aromatic N) is 2. The van der Waals surface area contributed by atoms with Gasteiger partial charge in [0.2, 0.25) is 11.8 Å². The van der Waals surface area contributed by atoms with Crippen LogP contribution in [0.4, 0.5) is 26.3 Å². The summed E-state index contributed by atoms with van der Waals surface area (Å²) in [5, 5.41) is 3.09. The highest BCUT2D eigenvalue weighted by atomic mass is 19.4. The monoisotopic (exact) mass is 319 g/mol. The average molecular weight is 319 g/mol. The van der Waals surface area contributed by atoms with Crippen molar-refractivity contribution in [3.05, 3.63) is 0 Å². The van der Waals surface area contributed by atoms with E-state index in [2.05, 4.69) is 5.32 Å². The number of likely N-dealkylation sites (tertiary alicyclic amines) is 1. The Kier molecular flexibility index (Phi) is 4.39. The molecule has 0 aromatic carbocycles. The van der Waals surface area contributed by atoms with Crippen molar-refractivity contribution in [2.75, 3.05) is 39.3 Å². The van der Waals surface area contributed by atoms with E-state index in [1.54, 1.807) is 0 Å². The molecule has 0 radical (unpaired) electrons. The van der Waals surface area contributed by atoms with Crippen LogP contribution in [0.5, 0.6) is 0 Å². The molecule has 1 amide bonds. The highest BCUT2D eigenvalue weighted by Crippen LogP contribution is 2.41. The topological polar surface area (TPSA) is 35.6 Å². The molecule has 0 aliphatic carbocycles. The maximum absolute atomic E-state index is 12.5. The maximum atomic E-state index is 12.5. The summed E-state index contributed by atoms with van der Waals surface area (Å²) < 4.78 is 74.7. The van der Waals surface area contributed by atoms with Gasteiger partial charge >= 0.3 is 12.4 Å². The molecule has 1 N–H and O–H groups in total. The number of alkyl halides is 6. The lowest BCUT2D eigenvalue weighted by Gasteiger charge is -2.47. The Bertz CT molecular complexity index is 370. The molecule has 0 spiro atoms. The van der Waals surface area contributed by atoms with Crippen LogP contribution in [0.15, 0.2) is 0 Å². The first kappa shape index (κ1) is 16.3. The van der Waals surface area contributed by atoms with E-state index < -0.39 is 24.2 Å². The first-order chi connectivity index (χ1) is 9.60. The van der Waals surface area contributed by atoms with Crippen LogP contribution in [0, 0.1) is 5.92 Å². The molecule has 21 heavy (non-hydrogen) atoms. The number of carbonyl (C=O) groups is 1. The van der Waals surface area contributed by atoms with Crippen molar-refractivity contribution in [1.82, 2.24) is 15.1 Å². The van der Waals surface area contributed by atoms with Crippen molar-refractivity contribution in [3.8, 4) is 0 Å². The fourth-order valence-corrected chi connectivity index (χ4v) is 2.56. The standard InChI is InChI=1S/C11H15F6N3O/c12-10(13,14)8(11(15,16)17)9(21)20-5-7(6-20)19-3-1-18-2-4-19/h7-8,18H,1-6H2. The van der Waals surface area contributed by atoms with Gasteiger partial charge in [-0.25, -0.2) is 0 Å². The minimum atomic E-state index is -5.62. The molecule has 2 rings (SSSR count). The van der Waals surface area contributed by atoms with Gasteiger partial charge in [-0.15, -0.1) is 0 Å². The van der Waals surface area contributed by atoms with Crippen LogP contribution < -0.4 is 5.32 Å². The second-order valence-corrected chi connectivity index (χ2v) is 5.20. The molecule has 0 aromatic rings. The summed E-state index contributed by atoms with van der Waals surface area (Å²) >= 11 is 0. The Morgan fingerprint density at radius 2 is 1.48 bits per heavy atom. The van der Waals surface area contributed by atoms with Gasteiger partial charge in [0.05, 0.1) is 0 Å². The van der Waals surface area contributed by atoms with Crippen LogP contribution in [-0.2, 0) is 4.79 Å². The second kappa shape index (κ2) is 5.64. The van der Waals surface area contributed by atoms with Crippen LogP contribution in [0.1, 0.15) is 0 Å². The zero-order valence-electron chi connectivity index (χ0n) is 11.0. The molecule has 0 saturated carbocycles. The molecule has 0 bridgehead atoms. The number of nitrogens with one attached hydrogen (secondary N) is 1. The van der Waals surface area contributed by atoms with Gasteiger partial charge in [-0.3, -0.25) is 9.69 Å². The molecular formula is C11H15F6N3O. The number of hydrogen-bond acceptors (Lipinski definition) is 3. The molecule has 122 valence electrons. The summed E-state index contributed by atoms with van der Waals surface area (Å²) in [4.78, 5) is 14.1. The molecule has 2 fully saturated rings. The summed E-state index contributed by atoms with van der Waals surface area (Å²) in [6.45, 7) is 2.63. The number of carbonyl (C=O) groups excluding carboxylic acids is 1. The van der Waals surface area contributed by atoms with E-state index in [1.165, 1.54) is 0 Å². The lowest BCUT2D eigenvalue weighted by atomic mass is 10.0. The Morgan fingerprint density at radius 3 is 1.90 bits per heavy atom. The zero-order chi connectivity index (χ0) is 15.8. The van der Waals surface area contributed by atoms with Crippen molar-refractivity contribution >= 4 is 5.91 Å². The SMILES string of the molecule is O=C(C(C(F)(F)F)C(F)(F)F)N1CC(N2CCNCC2)C1. The normalized spacial score (nSPS) is 22.5. The summed E-state index contributed by atoms with van der Waals surface area (Å²) in [6.07, 6.45) is -11.2. The van der Waals surface area contributed by atoms with Crippen molar-refractivity contribution in [1.29, 1.82) is 0 Å².